The van der Waals surface area contributed by atoms with Crippen molar-refractivity contribution in [3.63, 3.8) is 0 Å². The van der Waals surface area contributed by atoms with Gasteiger partial charge >= 0.3 is 5.97 Å². The molecule has 3 nitrogen and oxygen atoms in total. The van der Waals surface area contributed by atoms with Crippen LogP contribution in [0.3, 0.4) is 0 Å². The highest BCUT2D eigenvalue weighted by Gasteiger charge is 2.27. The van der Waals surface area contributed by atoms with Crippen molar-refractivity contribution >= 4 is 11.7 Å². The molecule has 0 heterocycles. The van der Waals surface area contributed by atoms with E-state index in [0.29, 0.717) is 5.92 Å². The minimum absolute atomic E-state index is 0.0318. The van der Waals surface area contributed by atoms with Crippen molar-refractivity contribution < 1.29 is 13.9 Å². The van der Waals surface area contributed by atoms with E-state index in [9.17, 15) is 9.18 Å². The van der Waals surface area contributed by atoms with Crippen LogP contribution in [0.4, 0.5) is 10.1 Å². The second-order valence-electron chi connectivity index (χ2n) is 5.13. The van der Waals surface area contributed by atoms with Gasteiger partial charge in [-0.15, -0.1) is 0 Å². The molecule has 1 saturated carbocycles. The van der Waals surface area contributed by atoms with Crippen LogP contribution in [0.5, 0.6) is 0 Å². The van der Waals surface area contributed by atoms with Crippen LogP contribution in [0, 0.1) is 11.7 Å². The molecule has 0 amide bonds. The van der Waals surface area contributed by atoms with Crippen LogP contribution in [0.2, 0.25) is 0 Å². The number of ether oxygens (including phenoxy) is 1. The Balaban J connectivity index is 2.07. The predicted molar refractivity (Wildman–Crippen MR) is 72.3 cm³/mol. The normalized spacial score (nSPS) is 23.1. The summed E-state index contributed by atoms with van der Waals surface area (Å²) in [4.78, 5) is 12.1. The average Bonchev–Trinajstić information content (AvgIpc) is 2.39. The maximum absolute atomic E-state index is 13.0. The molecular formula is C15H20FNO2. The van der Waals surface area contributed by atoms with Crippen LogP contribution in [-0.2, 0) is 4.74 Å². The molecule has 0 radical (unpaired) electrons. The number of hydrogen-bond acceptors (Lipinski definition) is 3. The Morgan fingerprint density at radius 3 is 2.84 bits per heavy atom. The summed E-state index contributed by atoms with van der Waals surface area (Å²) >= 11 is 0. The number of anilines is 1. The first-order chi connectivity index (χ1) is 9.11. The second-order valence-corrected chi connectivity index (χ2v) is 5.13. The van der Waals surface area contributed by atoms with Gasteiger partial charge in [0.25, 0.3) is 0 Å². The predicted octanol–water partition coefficient (Wildman–Crippen LogP) is 3.53. The summed E-state index contributed by atoms with van der Waals surface area (Å²) in [6, 6.07) is 3.76. The lowest BCUT2D eigenvalue weighted by Crippen LogP contribution is -2.30. The molecule has 19 heavy (non-hydrogen) atoms. The summed E-state index contributed by atoms with van der Waals surface area (Å²) < 4.78 is 18.5. The number of esters is 1. The fraction of sp³-hybridized carbons (Fsp3) is 0.533. The standard InChI is InChI=1S/C15H20FNO2/c1-2-10-5-3-4-6-14(10)19-15(18)12-8-7-11(16)9-13(12)17/h7-10,14H,2-6,17H2,1H3. The van der Waals surface area contributed by atoms with E-state index in [2.05, 4.69) is 6.92 Å². The Morgan fingerprint density at radius 2 is 2.16 bits per heavy atom. The zero-order valence-corrected chi connectivity index (χ0v) is 11.2. The Hall–Kier alpha value is -1.58. The molecule has 1 aliphatic rings. The third kappa shape index (κ3) is 3.25. The van der Waals surface area contributed by atoms with E-state index in [-0.39, 0.29) is 17.4 Å². The number of rotatable bonds is 3. The maximum Gasteiger partial charge on any atom is 0.340 e. The van der Waals surface area contributed by atoms with Gasteiger partial charge in [-0.1, -0.05) is 13.3 Å². The summed E-state index contributed by atoms with van der Waals surface area (Å²) in [6.45, 7) is 2.11. The van der Waals surface area contributed by atoms with Gasteiger partial charge in [-0.3, -0.25) is 0 Å². The summed E-state index contributed by atoms with van der Waals surface area (Å²) in [5.41, 5.74) is 6.04. The molecule has 0 spiro atoms. The number of benzene rings is 1. The first kappa shape index (κ1) is 13.8. The molecule has 0 saturated heterocycles. The second kappa shape index (κ2) is 6.04. The first-order valence-electron chi connectivity index (χ1n) is 6.87. The number of halogens is 1. The Kier molecular flexibility index (Phi) is 4.40. The molecule has 1 aliphatic carbocycles. The van der Waals surface area contributed by atoms with Gasteiger partial charge in [-0.2, -0.15) is 0 Å². The van der Waals surface area contributed by atoms with Crippen molar-refractivity contribution in [2.45, 2.75) is 45.1 Å². The van der Waals surface area contributed by atoms with Gasteiger partial charge in [0.1, 0.15) is 11.9 Å². The number of nitrogens with two attached hydrogens (primary N) is 1. The van der Waals surface area contributed by atoms with Crippen LogP contribution < -0.4 is 5.73 Å². The van der Waals surface area contributed by atoms with E-state index in [1.165, 1.54) is 18.6 Å². The average molecular weight is 265 g/mol. The SMILES string of the molecule is CCC1CCCCC1OC(=O)c1ccc(F)cc1N. The minimum atomic E-state index is -0.446. The van der Waals surface area contributed by atoms with Crippen molar-refractivity contribution in [2.24, 2.45) is 5.92 Å². The molecule has 2 atom stereocenters. The summed E-state index contributed by atoms with van der Waals surface area (Å²) in [5, 5.41) is 0. The molecule has 0 bridgehead atoms. The quantitative estimate of drug-likeness (QED) is 0.672. The largest absolute Gasteiger partial charge is 0.458 e. The van der Waals surface area contributed by atoms with Gasteiger partial charge in [-0.25, -0.2) is 9.18 Å². The molecular weight excluding hydrogens is 245 g/mol. The lowest BCUT2D eigenvalue weighted by Gasteiger charge is -2.30. The van der Waals surface area contributed by atoms with Crippen molar-refractivity contribution in [1.29, 1.82) is 0 Å². The smallest absolute Gasteiger partial charge is 0.340 e. The van der Waals surface area contributed by atoms with Crippen molar-refractivity contribution in [1.82, 2.24) is 0 Å². The van der Waals surface area contributed by atoms with E-state index < -0.39 is 11.8 Å². The summed E-state index contributed by atoms with van der Waals surface area (Å²) in [5.74, 6) is -0.458. The van der Waals surface area contributed by atoms with E-state index in [1.807, 2.05) is 0 Å². The molecule has 0 aliphatic heterocycles. The highest BCUT2D eigenvalue weighted by molar-refractivity contribution is 5.95. The van der Waals surface area contributed by atoms with Crippen LogP contribution in [0.15, 0.2) is 18.2 Å². The van der Waals surface area contributed by atoms with E-state index in [0.717, 1.165) is 31.7 Å². The lowest BCUT2D eigenvalue weighted by atomic mass is 9.85. The van der Waals surface area contributed by atoms with Gasteiger partial charge in [0.15, 0.2) is 0 Å². The molecule has 104 valence electrons. The molecule has 0 aromatic heterocycles. The summed E-state index contributed by atoms with van der Waals surface area (Å²) in [7, 11) is 0. The highest BCUT2D eigenvalue weighted by atomic mass is 19.1. The topological polar surface area (TPSA) is 52.3 Å². The van der Waals surface area contributed by atoms with Crippen LogP contribution in [-0.4, -0.2) is 12.1 Å². The summed E-state index contributed by atoms with van der Waals surface area (Å²) in [6.07, 6.45) is 5.28. The molecule has 1 aromatic rings. The Labute approximate surface area is 112 Å². The van der Waals surface area contributed by atoms with Crippen LogP contribution in [0.25, 0.3) is 0 Å². The van der Waals surface area contributed by atoms with E-state index >= 15 is 0 Å². The zero-order chi connectivity index (χ0) is 13.8. The van der Waals surface area contributed by atoms with E-state index in [4.69, 9.17) is 10.5 Å². The van der Waals surface area contributed by atoms with Gasteiger partial charge in [0, 0.05) is 5.69 Å². The zero-order valence-electron chi connectivity index (χ0n) is 11.2. The van der Waals surface area contributed by atoms with Crippen molar-refractivity contribution in [3.8, 4) is 0 Å². The maximum atomic E-state index is 13.0. The molecule has 2 unspecified atom stereocenters. The Morgan fingerprint density at radius 1 is 1.42 bits per heavy atom. The molecule has 1 aromatic carbocycles. The number of nitrogen functional groups attached to an aromatic ring is 1. The third-order valence-corrected chi connectivity index (χ3v) is 3.86. The molecule has 2 rings (SSSR count). The number of hydrogen-bond donors (Lipinski definition) is 1. The molecule has 1 fully saturated rings. The van der Waals surface area contributed by atoms with Gasteiger partial charge in [-0.05, 0) is 49.8 Å². The molecule has 2 N–H and O–H groups in total. The highest BCUT2D eigenvalue weighted by Crippen LogP contribution is 2.30. The number of carbonyl (C=O) groups is 1. The van der Waals surface area contributed by atoms with Crippen molar-refractivity contribution in [3.05, 3.63) is 29.6 Å². The fourth-order valence-electron chi connectivity index (χ4n) is 2.72. The lowest BCUT2D eigenvalue weighted by molar-refractivity contribution is 0.000818. The van der Waals surface area contributed by atoms with Crippen LogP contribution >= 0.6 is 0 Å². The monoisotopic (exact) mass is 265 g/mol. The van der Waals surface area contributed by atoms with Gasteiger partial charge in [0.05, 0.1) is 5.56 Å². The third-order valence-electron chi connectivity index (χ3n) is 3.86. The van der Waals surface area contributed by atoms with Gasteiger partial charge in [0.2, 0.25) is 0 Å². The first-order valence-corrected chi connectivity index (χ1v) is 6.87. The fourth-order valence-corrected chi connectivity index (χ4v) is 2.72. The van der Waals surface area contributed by atoms with Crippen LogP contribution in [0.1, 0.15) is 49.4 Å². The number of carbonyl (C=O) groups excluding carboxylic acids is 1. The van der Waals surface area contributed by atoms with E-state index in [1.54, 1.807) is 0 Å². The van der Waals surface area contributed by atoms with Crippen molar-refractivity contribution in [2.75, 3.05) is 5.73 Å². The van der Waals surface area contributed by atoms with Gasteiger partial charge < -0.3 is 10.5 Å². The minimum Gasteiger partial charge on any atom is -0.458 e. The molecule has 4 heteroatoms. The Bertz CT molecular complexity index is 461.